The van der Waals surface area contributed by atoms with Gasteiger partial charge in [0.25, 0.3) is 0 Å². The second-order valence-corrected chi connectivity index (χ2v) is 2.11. The van der Waals surface area contributed by atoms with Crippen molar-refractivity contribution in [2.45, 2.75) is 12.4 Å². The van der Waals surface area contributed by atoms with Crippen LogP contribution in [-0.4, -0.2) is 5.10 Å². The fourth-order valence-electron chi connectivity index (χ4n) is 0.572. The molecule has 0 aromatic carbocycles. The Balaban J connectivity index is 0.00000169. The maximum absolute atomic E-state index is 11.7. The molecule has 0 amide bonds. The molecule has 1 aromatic rings. The van der Waals surface area contributed by atoms with Crippen molar-refractivity contribution in [3.05, 3.63) is 17.5 Å². The first kappa shape index (κ1) is 13.4. The number of rotatable bonds is 0. The van der Waals surface area contributed by atoms with Crippen molar-refractivity contribution in [3.63, 3.8) is 0 Å². The molecule has 9 heteroatoms. The van der Waals surface area contributed by atoms with Crippen LogP contribution in [0.25, 0.3) is 0 Å². The first-order valence-corrected chi connectivity index (χ1v) is 2.86. The standard InChI is InChI=1S/C5HF6N2.Zn/c6-4(7,8)2-1-3(13-12-2)5(9,10)11;/h1H;/q-1;. The third kappa shape index (κ3) is 2.97. The average molecular weight is 268 g/mol. The molecule has 0 bridgehead atoms. The van der Waals surface area contributed by atoms with E-state index in [9.17, 15) is 26.3 Å². The monoisotopic (exact) mass is 267 g/mol. The SMILES string of the molecule is FC(F)(F)c1cc(C(F)(F)F)[n-]n1.[Zn]. The zero-order valence-corrected chi connectivity index (χ0v) is 9.41. The van der Waals surface area contributed by atoms with Gasteiger partial charge in [-0.2, -0.15) is 26.3 Å². The Morgan fingerprint density at radius 2 is 1.50 bits per heavy atom. The molecule has 1 heterocycles. The van der Waals surface area contributed by atoms with E-state index < -0.39 is 23.7 Å². The molecular formula is C5HF6N2Zn-. The second kappa shape index (κ2) is 3.88. The predicted octanol–water partition coefficient (Wildman–Crippen LogP) is 2.07. The summed E-state index contributed by atoms with van der Waals surface area (Å²) in [7, 11) is 0. The van der Waals surface area contributed by atoms with Crippen molar-refractivity contribution in [2.75, 3.05) is 0 Å². The van der Waals surface area contributed by atoms with Crippen molar-refractivity contribution < 1.29 is 45.8 Å². The maximum Gasteiger partial charge on any atom is 0.431 e. The summed E-state index contributed by atoms with van der Waals surface area (Å²) in [5.41, 5.74) is -3.28. The third-order valence-electron chi connectivity index (χ3n) is 1.12. The summed E-state index contributed by atoms with van der Waals surface area (Å²) in [4.78, 5) is 0. The van der Waals surface area contributed by atoms with Gasteiger partial charge >= 0.3 is 12.4 Å². The van der Waals surface area contributed by atoms with Gasteiger partial charge in [0, 0.05) is 19.5 Å². The number of hydrogen-bond donors (Lipinski definition) is 0. The van der Waals surface area contributed by atoms with Crippen molar-refractivity contribution in [3.8, 4) is 0 Å². The Morgan fingerprint density at radius 1 is 1.00 bits per heavy atom. The van der Waals surface area contributed by atoms with Crippen LogP contribution in [0, 0.1) is 0 Å². The number of nitrogens with zero attached hydrogens (tertiary/aromatic N) is 2. The number of aromatic nitrogens is 2. The van der Waals surface area contributed by atoms with Crippen LogP contribution in [0.15, 0.2) is 6.07 Å². The average Bonchev–Trinajstić information content (AvgIpc) is 2.28. The van der Waals surface area contributed by atoms with Gasteiger partial charge in [0.15, 0.2) is 0 Å². The Labute approximate surface area is 86.4 Å². The van der Waals surface area contributed by atoms with Gasteiger partial charge < -0.3 is 10.2 Å². The van der Waals surface area contributed by atoms with Gasteiger partial charge in [0.2, 0.25) is 0 Å². The van der Waals surface area contributed by atoms with Crippen LogP contribution in [0.5, 0.6) is 0 Å². The van der Waals surface area contributed by atoms with E-state index in [-0.39, 0.29) is 25.5 Å². The number of hydrogen-bond acceptors (Lipinski definition) is 1. The van der Waals surface area contributed by atoms with Crippen LogP contribution in [0.2, 0.25) is 0 Å². The van der Waals surface area contributed by atoms with Gasteiger partial charge in [-0.15, -0.1) is 0 Å². The van der Waals surface area contributed by atoms with Crippen LogP contribution < -0.4 is 5.10 Å². The summed E-state index contributed by atoms with van der Waals surface area (Å²) in [5.74, 6) is 0. The van der Waals surface area contributed by atoms with Crippen molar-refractivity contribution in [1.82, 2.24) is 10.2 Å². The molecule has 0 N–H and O–H groups in total. The van der Waals surface area contributed by atoms with Crippen molar-refractivity contribution in [1.29, 1.82) is 0 Å². The Hall–Kier alpha value is -0.587. The summed E-state index contributed by atoms with van der Waals surface area (Å²) in [6, 6.07) is -0.139. The predicted molar refractivity (Wildman–Crippen MR) is 27.6 cm³/mol. The van der Waals surface area contributed by atoms with Gasteiger partial charge in [-0.25, -0.2) is 0 Å². The molecule has 0 aliphatic carbocycles. The first-order chi connectivity index (χ1) is 5.71. The van der Waals surface area contributed by atoms with Crippen LogP contribution in [0.3, 0.4) is 0 Å². The van der Waals surface area contributed by atoms with E-state index >= 15 is 0 Å². The maximum atomic E-state index is 11.7. The second-order valence-electron chi connectivity index (χ2n) is 2.11. The van der Waals surface area contributed by atoms with E-state index in [0.29, 0.717) is 0 Å². The topological polar surface area (TPSA) is 27.0 Å². The fraction of sp³-hybridized carbons (Fsp3) is 0.400. The zero-order valence-electron chi connectivity index (χ0n) is 6.45. The zero-order chi connectivity index (χ0) is 10.3. The summed E-state index contributed by atoms with van der Waals surface area (Å²) < 4.78 is 70.3. The van der Waals surface area contributed by atoms with Gasteiger partial charge in [0.1, 0.15) is 5.69 Å². The van der Waals surface area contributed by atoms with Crippen molar-refractivity contribution in [2.24, 2.45) is 0 Å². The molecule has 0 spiro atoms. The summed E-state index contributed by atoms with van der Waals surface area (Å²) in [6.45, 7) is 0. The normalized spacial score (nSPS) is 12.4. The van der Waals surface area contributed by atoms with E-state index in [0.717, 1.165) is 0 Å². The molecule has 1 rings (SSSR count). The van der Waals surface area contributed by atoms with Gasteiger partial charge in [-0.3, -0.25) is 0 Å². The molecular weight excluding hydrogens is 267 g/mol. The molecule has 14 heavy (non-hydrogen) atoms. The summed E-state index contributed by atoms with van der Waals surface area (Å²) in [6.07, 6.45) is -9.78. The molecule has 1 aromatic heterocycles. The van der Waals surface area contributed by atoms with Gasteiger partial charge in [-0.1, -0.05) is 0 Å². The smallest absolute Gasteiger partial charge is 0.431 e. The first-order valence-electron chi connectivity index (χ1n) is 2.86. The molecule has 0 saturated heterocycles. The molecule has 0 saturated carbocycles. The van der Waals surface area contributed by atoms with Crippen LogP contribution in [0.4, 0.5) is 26.3 Å². The van der Waals surface area contributed by atoms with E-state index in [2.05, 4.69) is 10.2 Å². The molecule has 0 aliphatic rings. The Bertz CT molecular complexity index is 271. The van der Waals surface area contributed by atoms with E-state index in [4.69, 9.17) is 0 Å². The van der Waals surface area contributed by atoms with E-state index in [1.807, 2.05) is 0 Å². The minimum atomic E-state index is -4.89. The van der Waals surface area contributed by atoms with E-state index in [1.165, 1.54) is 0 Å². The molecule has 0 unspecified atom stereocenters. The summed E-state index contributed by atoms with van der Waals surface area (Å²) >= 11 is 0. The molecule has 2 nitrogen and oxygen atoms in total. The van der Waals surface area contributed by atoms with Crippen LogP contribution in [0.1, 0.15) is 11.4 Å². The summed E-state index contributed by atoms with van der Waals surface area (Å²) in [5, 5.41) is 4.72. The Kier molecular flexibility index (Phi) is 3.72. The van der Waals surface area contributed by atoms with Crippen molar-refractivity contribution >= 4 is 0 Å². The minimum absolute atomic E-state index is 0. The van der Waals surface area contributed by atoms with Gasteiger partial charge in [-0.05, 0) is 11.8 Å². The number of alkyl halides is 6. The van der Waals surface area contributed by atoms with E-state index in [1.54, 1.807) is 0 Å². The molecule has 0 radical (unpaired) electrons. The third-order valence-corrected chi connectivity index (χ3v) is 1.12. The molecule has 0 aliphatic heterocycles. The molecule has 0 fully saturated rings. The fourth-order valence-corrected chi connectivity index (χ4v) is 0.572. The largest absolute Gasteiger partial charge is 0.571 e. The molecule has 0 atom stereocenters. The Morgan fingerprint density at radius 3 is 1.71 bits per heavy atom. The van der Waals surface area contributed by atoms with Crippen LogP contribution in [-0.2, 0) is 31.8 Å². The van der Waals surface area contributed by atoms with Gasteiger partial charge in [0.05, 0.1) is 0 Å². The molecule has 76 valence electrons. The quantitative estimate of drug-likeness (QED) is 0.532. The number of halogens is 6. The van der Waals surface area contributed by atoms with Crippen LogP contribution >= 0.6 is 0 Å². The minimum Gasteiger partial charge on any atom is -0.571 e.